The molecule has 5 nitrogen and oxygen atoms in total. The van der Waals surface area contributed by atoms with E-state index in [9.17, 15) is 9.18 Å². The lowest BCUT2D eigenvalue weighted by atomic mass is 9.93. The van der Waals surface area contributed by atoms with Crippen LogP contribution in [0.5, 0.6) is 5.75 Å². The Morgan fingerprint density at radius 1 is 1.21 bits per heavy atom. The average Bonchev–Trinajstić information content (AvgIpc) is 3.22. The fraction of sp³-hybridized carbons (Fsp3) is 0.308. The molecular weight excluding hydrogens is 437 g/mol. The molecule has 1 atom stereocenters. The van der Waals surface area contributed by atoms with Gasteiger partial charge in [-0.25, -0.2) is 9.37 Å². The Bertz CT molecular complexity index is 1330. The maximum absolute atomic E-state index is 13.3. The molecule has 1 aliphatic rings. The molecule has 0 spiro atoms. The van der Waals surface area contributed by atoms with Crippen molar-refractivity contribution in [3.63, 3.8) is 0 Å². The highest BCUT2D eigenvalue weighted by molar-refractivity contribution is 7.18. The molecule has 7 heteroatoms. The summed E-state index contributed by atoms with van der Waals surface area (Å²) in [5.41, 5.74) is 3.36. The minimum Gasteiger partial charge on any atom is -0.496 e. The number of methoxy groups -OCH3 is 1. The molecule has 170 valence electrons. The van der Waals surface area contributed by atoms with E-state index in [1.807, 2.05) is 36.4 Å². The van der Waals surface area contributed by atoms with Gasteiger partial charge in [0.05, 0.1) is 18.8 Å². The van der Waals surface area contributed by atoms with Crippen molar-refractivity contribution in [1.82, 2.24) is 14.9 Å². The van der Waals surface area contributed by atoms with Gasteiger partial charge in [0, 0.05) is 24.0 Å². The van der Waals surface area contributed by atoms with E-state index < -0.39 is 0 Å². The van der Waals surface area contributed by atoms with Crippen LogP contribution >= 0.6 is 11.3 Å². The molecule has 0 aliphatic heterocycles. The smallest absolute Gasteiger partial charge is 0.262 e. The summed E-state index contributed by atoms with van der Waals surface area (Å²) in [6.07, 6.45) is 5.10. The van der Waals surface area contributed by atoms with Gasteiger partial charge >= 0.3 is 0 Å². The first kappa shape index (κ1) is 21.8. The summed E-state index contributed by atoms with van der Waals surface area (Å²) in [5.74, 6) is 0.624. The van der Waals surface area contributed by atoms with Crippen molar-refractivity contribution in [2.75, 3.05) is 7.11 Å². The second-order valence-corrected chi connectivity index (χ2v) is 9.52. The molecule has 4 aromatic rings. The van der Waals surface area contributed by atoms with Gasteiger partial charge < -0.3 is 10.1 Å². The zero-order valence-corrected chi connectivity index (χ0v) is 19.3. The molecule has 0 saturated carbocycles. The first-order valence-corrected chi connectivity index (χ1v) is 12.0. The van der Waals surface area contributed by atoms with Crippen LogP contribution in [-0.2, 0) is 32.4 Å². The largest absolute Gasteiger partial charge is 0.496 e. The Balaban J connectivity index is 1.31. The predicted octanol–water partition coefficient (Wildman–Crippen LogP) is 4.50. The van der Waals surface area contributed by atoms with Crippen LogP contribution in [0.2, 0.25) is 0 Å². The number of hydrogen-bond acceptors (Lipinski definition) is 5. The molecule has 2 aromatic heterocycles. The third-order valence-electron chi connectivity index (χ3n) is 6.36. The lowest BCUT2D eigenvalue weighted by Gasteiger charge is -2.23. The van der Waals surface area contributed by atoms with Crippen LogP contribution in [-0.4, -0.2) is 22.7 Å². The molecule has 2 heterocycles. The fourth-order valence-corrected chi connectivity index (χ4v) is 5.81. The third kappa shape index (κ3) is 4.56. The Morgan fingerprint density at radius 2 is 2.03 bits per heavy atom. The van der Waals surface area contributed by atoms with Crippen molar-refractivity contribution in [3.8, 4) is 5.75 Å². The van der Waals surface area contributed by atoms with Crippen LogP contribution in [0.15, 0.2) is 59.7 Å². The summed E-state index contributed by atoms with van der Waals surface area (Å²) >= 11 is 1.64. The van der Waals surface area contributed by atoms with Crippen LogP contribution in [0.4, 0.5) is 4.39 Å². The van der Waals surface area contributed by atoms with E-state index in [1.54, 1.807) is 29.3 Å². The molecule has 0 saturated heterocycles. The SMILES string of the molecule is COc1ccccc1CCn1cnc2sc3c(c2c1=O)CC[C@@H](NCc1ccc(F)cc1)C3. The first-order chi connectivity index (χ1) is 16.1. The lowest BCUT2D eigenvalue weighted by Crippen LogP contribution is -2.33. The van der Waals surface area contributed by atoms with Gasteiger partial charge in [0.15, 0.2) is 0 Å². The van der Waals surface area contributed by atoms with E-state index in [2.05, 4.69) is 10.3 Å². The first-order valence-electron chi connectivity index (χ1n) is 11.2. The second-order valence-electron chi connectivity index (χ2n) is 8.44. The van der Waals surface area contributed by atoms with E-state index in [-0.39, 0.29) is 11.4 Å². The molecule has 2 aromatic carbocycles. The summed E-state index contributed by atoms with van der Waals surface area (Å²) in [6.45, 7) is 1.27. The van der Waals surface area contributed by atoms with Gasteiger partial charge in [0.1, 0.15) is 16.4 Å². The Labute approximate surface area is 195 Å². The minimum absolute atomic E-state index is 0.0464. The van der Waals surface area contributed by atoms with Gasteiger partial charge in [-0.3, -0.25) is 9.36 Å². The quantitative estimate of drug-likeness (QED) is 0.439. The normalized spacial score (nSPS) is 15.5. The summed E-state index contributed by atoms with van der Waals surface area (Å²) in [6, 6.07) is 14.8. The van der Waals surface area contributed by atoms with Crippen LogP contribution in [0, 0.1) is 5.82 Å². The Hall–Kier alpha value is -3.03. The molecule has 0 bridgehead atoms. The third-order valence-corrected chi connectivity index (χ3v) is 7.52. The summed E-state index contributed by atoms with van der Waals surface area (Å²) in [4.78, 5) is 20.0. The van der Waals surface area contributed by atoms with Gasteiger partial charge in [-0.05, 0) is 60.6 Å². The number of thiophene rings is 1. The van der Waals surface area contributed by atoms with Crippen LogP contribution < -0.4 is 15.6 Å². The standard InChI is InChI=1S/C26H26FN3O2S/c1-32-22-5-3-2-4-18(22)12-13-30-16-29-25-24(26(30)31)21-11-10-20(14-23(21)33-25)28-15-17-6-8-19(27)9-7-17/h2-9,16,20,28H,10-15H2,1H3/t20-/m1/s1. The monoisotopic (exact) mass is 463 g/mol. The Kier molecular flexibility index (Phi) is 6.24. The molecule has 0 radical (unpaired) electrons. The summed E-state index contributed by atoms with van der Waals surface area (Å²) in [5, 5.41) is 4.37. The van der Waals surface area contributed by atoms with Gasteiger partial charge in [-0.2, -0.15) is 0 Å². The molecule has 0 fully saturated rings. The molecule has 0 amide bonds. The van der Waals surface area contributed by atoms with Crippen molar-refractivity contribution >= 4 is 21.6 Å². The molecule has 5 rings (SSSR count). The molecule has 33 heavy (non-hydrogen) atoms. The zero-order valence-electron chi connectivity index (χ0n) is 18.5. The number of rotatable bonds is 7. The fourth-order valence-electron chi connectivity index (χ4n) is 4.55. The maximum atomic E-state index is 13.3. The van der Waals surface area contributed by atoms with Crippen molar-refractivity contribution < 1.29 is 9.13 Å². The topological polar surface area (TPSA) is 56.2 Å². The summed E-state index contributed by atoms with van der Waals surface area (Å²) in [7, 11) is 1.66. The number of aryl methyl sites for hydroxylation is 3. The van der Waals surface area contributed by atoms with E-state index in [0.717, 1.165) is 46.4 Å². The number of nitrogens with zero attached hydrogens (tertiary/aromatic N) is 2. The number of aromatic nitrogens is 2. The van der Waals surface area contributed by atoms with Crippen LogP contribution in [0.3, 0.4) is 0 Å². The minimum atomic E-state index is -0.215. The number of halogens is 1. The van der Waals surface area contributed by atoms with Crippen LogP contribution in [0.25, 0.3) is 10.2 Å². The Morgan fingerprint density at radius 3 is 2.85 bits per heavy atom. The van der Waals surface area contributed by atoms with Gasteiger partial charge in [0.25, 0.3) is 5.56 Å². The highest BCUT2D eigenvalue weighted by Crippen LogP contribution is 2.33. The number of nitrogens with one attached hydrogen (secondary N) is 1. The van der Waals surface area contributed by atoms with E-state index in [0.29, 0.717) is 25.6 Å². The number of ether oxygens (including phenoxy) is 1. The van der Waals surface area contributed by atoms with Gasteiger partial charge in [-0.15, -0.1) is 11.3 Å². The van der Waals surface area contributed by atoms with Crippen molar-refractivity contribution in [1.29, 1.82) is 0 Å². The molecule has 1 aliphatic carbocycles. The van der Waals surface area contributed by atoms with Crippen molar-refractivity contribution in [2.45, 2.75) is 44.8 Å². The number of fused-ring (bicyclic) bond motifs is 3. The highest BCUT2D eigenvalue weighted by Gasteiger charge is 2.25. The highest BCUT2D eigenvalue weighted by atomic mass is 32.1. The second kappa shape index (κ2) is 9.45. The van der Waals surface area contributed by atoms with Crippen molar-refractivity contribution in [2.24, 2.45) is 0 Å². The molecule has 1 N–H and O–H groups in total. The number of para-hydroxylation sites is 1. The van der Waals surface area contributed by atoms with Crippen LogP contribution in [0.1, 0.15) is 28.0 Å². The van der Waals surface area contributed by atoms with Gasteiger partial charge in [-0.1, -0.05) is 30.3 Å². The number of hydrogen-bond donors (Lipinski definition) is 1. The van der Waals surface area contributed by atoms with E-state index in [1.165, 1.54) is 22.6 Å². The predicted molar refractivity (Wildman–Crippen MR) is 130 cm³/mol. The average molecular weight is 464 g/mol. The van der Waals surface area contributed by atoms with Crippen molar-refractivity contribution in [3.05, 3.63) is 92.6 Å². The zero-order chi connectivity index (χ0) is 22.8. The summed E-state index contributed by atoms with van der Waals surface area (Å²) < 4.78 is 20.3. The number of benzene rings is 2. The lowest BCUT2D eigenvalue weighted by molar-refractivity contribution is 0.408. The van der Waals surface area contributed by atoms with Gasteiger partial charge in [0.2, 0.25) is 0 Å². The van der Waals surface area contributed by atoms with E-state index in [4.69, 9.17) is 4.74 Å². The van der Waals surface area contributed by atoms with E-state index >= 15 is 0 Å². The molecular formula is C26H26FN3O2S. The molecule has 0 unspecified atom stereocenters. The maximum Gasteiger partial charge on any atom is 0.262 e.